The van der Waals surface area contributed by atoms with Crippen molar-refractivity contribution in [3.05, 3.63) is 29.3 Å². The highest BCUT2D eigenvalue weighted by molar-refractivity contribution is 5.79. The molecular formula is C24H39N3O3. The van der Waals surface area contributed by atoms with E-state index in [4.69, 9.17) is 19.2 Å². The van der Waals surface area contributed by atoms with Gasteiger partial charge in [0.05, 0.1) is 13.2 Å². The summed E-state index contributed by atoms with van der Waals surface area (Å²) in [6.07, 6.45) is 5.81. The lowest BCUT2D eigenvalue weighted by Crippen LogP contribution is -2.38. The lowest BCUT2D eigenvalue weighted by atomic mass is 10.0. The molecule has 0 aromatic heterocycles. The van der Waals surface area contributed by atoms with E-state index in [0.29, 0.717) is 12.5 Å². The summed E-state index contributed by atoms with van der Waals surface area (Å²) >= 11 is 0. The van der Waals surface area contributed by atoms with Gasteiger partial charge >= 0.3 is 0 Å². The third kappa shape index (κ3) is 8.52. The van der Waals surface area contributed by atoms with Gasteiger partial charge in [0.25, 0.3) is 0 Å². The zero-order valence-corrected chi connectivity index (χ0v) is 18.8. The van der Waals surface area contributed by atoms with Crippen molar-refractivity contribution in [1.29, 1.82) is 0 Å². The Labute approximate surface area is 181 Å². The second-order valence-electron chi connectivity index (χ2n) is 8.47. The number of hydrogen-bond acceptors (Lipinski definition) is 4. The van der Waals surface area contributed by atoms with Gasteiger partial charge in [0.1, 0.15) is 5.75 Å². The van der Waals surface area contributed by atoms with Crippen LogP contribution in [0.5, 0.6) is 5.75 Å². The molecule has 1 saturated heterocycles. The molecular weight excluding hydrogens is 378 g/mol. The lowest BCUT2D eigenvalue weighted by Gasteiger charge is -2.21. The van der Waals surface area contributed by atoms with Crippen molar-refractivity contribution in [3.8, 4) is 5.75 Å². The van der Waals surface area contributed by atoms with Crippen LogP contribution >= 0.6 is 0 Å². The summed E-state index contributed by atoms with van der Waals surface area (Å²) in [4.78, 5) is 4.77. The topological polar surface area (TPSA) is 64.1 Å². The van der Waals surface area contributed by atoms with E-state index >= 15 is 0 Å². The number of nitrogens with zero attached hydrogens (tertiary/aromatic N) is 1. The summed E-state index contributed by atoms with van der Waals surface area (Å²) in [6, 6.07) is 6.39. The summed E-state index contributed by atoms with van der Waals surface area (Å²) in [5, 5.41) is 6.75. The highest BCUT2D eigenvalue weighted by atomic mass is 16.5. The first-order valence-corrected chi connectivity index (χ1v) is 11.6. The lowest BCUT2D eigenvalue weighted by molar-refractivity contribution is 0.0203. The van der Waals surface area contributed by atoms with Crippen molar-refractivity contribution in [1.82, 2.24) is 10.6 Å². The van der Waals surface area contributed by atoms with Crippen LogP contribution in [0, 0.1) is 18.8 Å². The number of rotatable bonds is 12. The Morgan fingerprint density at radius 2 is 1.90 bits per heavy atom. The van der Waals surface area contributed by atoms with Crippen LogP contribution in [0.4, 0.5) is 0 Å². The fourth-order valence-corrected chi connectivity index (χ4v) is 3.47. The largest absolute Gasteiger partial charge is 0.493 e. The number of hydrogen-bond donors (Lipinski definition) is 2. The second-order valence-corrected chi connectivity index (χ2v) is 8.47. The van der Waals surface area contributed by atoms with E-state index in [-0.39, 0.29) is 0 Å². The van der Waals surface area contributed by atoms with E-state index in [1.807, 2.05) is 0 Å². The van der Waals surface area contributed by atoms with Crippen LogP contribution in [0.1, 0.15) is 50.2 Å². The van der Waals surface area contributed by atoms with Gasteiger partial charge in [-0.2, -0.15) is 0 Å². The summed E-state index contributed by atoms with van der Waals surface area (Å²) in [6.45, 7) is 10.7. The number of guanidine groups is 1. The first kappa shape index (κ1) is 22.9. The second kappa shape index (κ2) is 12.8. The van der Waals surface area contributed by atoms with Crippen LogP contribution in [0.15, 0.2) is 23.2 Å². The average molecular weight is 418 g/mol. The molecule has 1 aromatic rings. The summed E-state index contributed by atoms with van der Waals surface area (Å²) in [7, 11) is 0. The molecule has 0 radical (unpaired) electrons. The molecule has 0 atom stereocenters. The van der Waals surface area contributed by atoms with E-state index in [2.05, 4.69) is 42.7 Å². The van der Waals surface area contributed by atoms with Crippen LogP contribution in [0.25, 0.3) is 0 Å². The summed E-state index contributed by atoms with van der Waals surface area (Å²) < 4.78 is 17.3. The monoisotopic (exact) mass is 417 g/mol. The molecule has 2 fully saturated rings. The standard InChI is InChI=1S/C24H39N3O3/c1-3-25-24(26-11-4-12-29-17-21-9-13-28-14-10-21)27-16-22-8-5-19(2)15-23(22)30-18-20-6-7-20/h5,8,15,20-21H,3-4,6-7,9-14,16-18H2,1-2H3,(H2,25,26,27). The van der Waals surface area contributed by atoms with Gasteiger partial charge in [0.15, 0.2) is 5.96 Å². The summed E-state index contributed by atoms with van der Waals surface area (Å²) in [5.41, 5.74) is 2.36. The average Bonchev–Trinajstić information content (AvgIpc) is 3.59. The molecule has 0 amide bonds. The number of nitrogens with one attached hydrogen (secondary N) is 2. The van der Waals surface area contributed by atoms with Gasteiger partial charge in [-0.25, -0.2) is 4.99 Å². The Morgan fingerprint density at radius 1 is 1.10 bits per heavy atom. The van der Waals surface area contributed by atoms with Gasteiger partial charge in [-0.15, -0.1) is 0 Å². The molecule has 30 heavy (non-hydrogen) atoms. The van der Waals surface area contributed by atoms with Gasteiger partial charge in [-0.3, -0.25) is 0 Å². The third-order valence-corrected chi connectivity index (χ3v) is 5.60. The van der Waals surface area contributed by atoms with Gasteiger partial charge in [0.2, 0.25) is 0 Å². The molecule has 1 heterocycles. The van der Waals surface area contributed by atoms with E-state index in [9.17, 15) is 0 Å². The van der Waals surface area contributed by atoms with Crippen molar-refractivity contribution in [3.63, 3.8) is 0 Å². The zero-order chi connectivity index (χ0) is 21.0. The zero-order valence-electron chi connectivity index (χ0n) is 18.8. The van der Waals surface area contributed by atoms with Crippen molar-refractivity contribution in [2.45, 2.75) is 52.5 Å². The molecule has 2 aliphatic rings. The van der Waals surface area contributed by atoms with Crippen molar-refractivity contribution < 1.29 is 14.2 Å². The minimum Gasteiger partial charge on any atom is -0.493 e. The Hall–Kier alpha value is -1.79. The van der Waals surface area contributed by atoms with E-state index in [0.717, 1.165) is 88.6 Å². The smallest absolute Gasteiger partial charge is 0.191 e. The normalized spacial score (nSPS) is 17.7. The number of aryl methyl sites for hydroxylation is 1. The fraction of sp³-hybridized carbons (Fsp3) is 0.708. The third-order valence-electron chi connectivity index (χ3n) is 5.60. The quantitative estimate of drug-likeness (QED) is 0.309. The van der Waals surface area contributed by atoms with Crippen LogP contribution < -0.4 is 15.4 Å². The molecule has 1 aromatic carbocycles. The SMILES string of the molecule is CCNC(=NCc1ccc(C)cc1OCC1CC1)NCCCOCC1CCOCC1. The van der Waals surface area contributed by atoms with Crippen molar-refractivity contribution in [2.24, 2.45) is 16.8 Å². The van der Waals surface area contributed by atoms with E-state index in [1.165, 1.54) is 18.4 Å². The van der Waals surface area contributed by atoms with Crippen LogP contribution in [0.3, 0.4) is 0 Å². The molecule has 1 aliphatic carbocycles. The fourth-order valence-electron chi connectivity index (χ4n) is 3.47. The molecule has 0 spiro atoms. The van der Waals surface area contributed by atoms with E-state index < -0.39 is 0 Å². The van der Waals surface area contributed by atoms with Crippen molar-refractivity contribution >= 4 is 5.96 Å². The molecule has 6 heteroatoms. The maximum atomic E-state index is 6.08. The molecule has 0 unspecified atom stereocenters. The van der Waals surface area contributed by atoms with E-state index in [1.54, 1.807) is 0 Å². The first-order valence-electron chi connectivity index (χ1n) is 11.6. The van der Waals surface area contributed by atoms with Crippen LogP contribution in [0.2, 0.25) is 0 Å². The predicted octanol–water partition coefficient (Wildman–Crippen LogP) is 3.67. The highest BCUT2D eigenvalue weighted by Crippen LogP contribution is 2.31. The molecule has 168 valence electrons. The van der Waals surface area contributed by atoms with Gasteiger partial charge < -0.3 is 24.8 Å². The minimum absolute atomic E-state index is 0.607. The Balaban J connectivity index is 1.40. The number of aliphatic imine (C=N–C) groups is 1. The molecule has 6 nitrogen and oxygen atoms in total. The molecule has 1 aliphatic heterocycles. The highest BCUT2D eigenvalue weighted by Gasteiger charge is 2.22. The minimum atomic E-state index is 0.607. The maximum Gasteiger partial charge on any atom is 0.191 e. The molecule has 2 N–H and O–H groups in total. The molecule has 1 saturated carbocycles. The van der Waals surface area contributed by atoms with Gasteiger partial charge in [-0.05, 0) is 69.4 Å². The summed E-state index contributed by atoms with van der Waals surface area (Å²) in [5.74, 6) is 3.23. The van der Waals surface area contributed by atoms with Crippen molar-refractivity contribution in [2.75, 3.05) is 46.1 Å². The van der Waals surface area contributed by atoms with Gasteiger partial charge in [-0.1, -0.05) is 12.1 Å². The Bertz CT molecular complexity index is 655. The first-order chi connectivity index (χ1) is 14.7. The van der Waals surface area contributed by atoms with Crippen LogP contribution in [-0.4, -0.2) is 52.1 Å². The predicted molar refractivity (Wildman–Crippen MR) is 121 cm³/mol. The Kier molecular flexibility index (Phi) is 9.77. The number of benzene rings is 1. The number of ether oxygens (including phenoxy) is 3. The molecule has 3 rings (SSSR count). The molecule has 0 bridgehead atoms. The Morgan fingerprint density at radius 3 is 2.67 bits per heavy atom. The maximum absolute atomic E-state index is 6.08. The van der Waals surface area contributed by atoms with Gasteiger partial charge in [0, 0.05) is 45.1 Å². The van der Waals surface area contributed by atoms with Crippen LogP contribution in [-0.2, 0) is 16.0 Å².